The fourth-order valence-electron chi connectivity index (χ4n) is 2.77. The molecule has 2 aromatic heterocycles. The van der Waals surface area contributed by atoms with Crippen LogP contribution in [0.4, 0.5) is 0 Å². The molecule has 1 fully saturated rings. The maximum atomic E-state index is 11.3. The lowest BCUT2D eigenvalue weighted by molar-refractivity contribution is -0.143. The number of carboxylic acid groups (broad SMARTS) is 1. The average molecular weight is 290 g/mol. The van der Waals surface area contributed by atoms with Crippen LogP contribution in [-0.4, -0.2) is 56.1 Å². The Hall–Kier alpha value is -1.99. The van der Waals surface area contributed by atoms with Crippen LogP contribution in [0.2, 0.25) is 0 Å². The minimum absolute atomic E-state index is 0.106. The standard InChI is InChI=1S/C14H18N4O3/c1-2-17(12-9-21-8-11(12)13(19)20)6-10-7-18-5-3-4-15-14(18)16-10/h3-5,7,11-12H,2,6,8-9H2,1H3,(H,19,20). The van der Waals surface area contributed by atoms with Crippen molar-refractivity contribution in [2.45, 2.75) is 19.5 Å². The minimum atomic E-state index is -0.799. The first-order valence-corrected chi connectivity index (χ1v) is 7.02. The first kappa shape index (κ1) is 14.0. The predicted octanol–water partition coefficient (Wildman–Crippen LogP) is 0.651. The second-order valence-electron chi connectivity index (χ2n) is 5.17. The number of carboxylic acids is 1. The Morgan fingerprint density at radius 1 is 1.57 bits per heavy atom. The summed E-state index contributed by atoms with van der Waals surface area (Å²) in [5.74, 6) is -0.617. The highest BCUT2D eigenvalue weighted by Crippen LogP contribution is 2.21. The van der Waals surface area contributed by atoms with E-state index >= 15 is 0 Å². The van der Waals surface area contributed by atoms with Crippen molar-refractivity contribution in [2.75, 3.05) is 19.8 Å². The van der Waals surface area contributed by atoms with Gasteiger partial charge in [-0.1, -0.05) is 6.92 Å². The number of likely N-dealkylation sites (N-methyl/N-ethyl adjacent to an activating group) is 1. The molecule has 2 aromatic rings. The Bertz CT molecular complexity index is 609. The molecule has 3 rings (SSSR count). The van der Waals surface area contributed by atoms with Crippen molar-refractivity contribution in [1.82, 2.24) is 19.3 Å². The van der Waals surface area contributed by atoms with Crippen molar-refractivity contribution < 1.29 is 14.6 Å². The zero-order valence-electron chi connectivity index (χ0n) is 11.8. The normalized spacial score (nSPS) is 22.2. The number of fused-ring (bicyclic) bond motifs is 1. The molecule has 21 heavy (non-hydrogen) atoms. The van der Waals surface area contributed by atoms with Gasteiger partial charge in [-0.25, -0.2) is 9.97 Å². The zero-order valence-corrected chi connectivity index (χ0v) is 11.8. The molecule has 1 N–H and O–H groups in total. The van der Waals surface area contributed by atoms with Crippen molar-refractivity contribution in [3.8, 4) is 0 Å². The number of aliphatic carboxylic acids is 1. The third kappa shape index (κ3) is 2.74. The van der Waals surface area contributed by atoms with Gasteiger partial charge < -0.3 is 9.84 Å². The van der Waals surface area contributed by atoms with E-state index in [-0.39, 0.29) is 12.6 Å². The quantitative estimate of drug-likeness (QED) is 0.871. The molecule has 0 radical (unpaired) electrons. The Kier molecular flexibility index (Phi) is 3.85. The van der Waals surface area contributed by atoms with Crippen LogP contribution in [0.3, 0.4) is 0 Å². The van der Waals surface area contributed by atoms with Crippen molar-refractivity contribution >= 4 is 11.7 Å². The number of hydrogen-bond acceptors (Lipinski definition) is 5. The first-order chi connectivity index (χ1) is 10.2. The number of imidazole rings is 1. The van der Waals surface area contributed by atoms with Crippen molar-refractivity contribution in [3.63, 3.8) is 0 Å². The molecule has 0 bridgehead atoms. The van der Waals surface area contributed by atoms with Gasteiger partial charge in [-0.2, -0.15) is 0 Å². The third-order valence-electron chi connectivity index (χ3n) is 3.89. The highest BCUT2D eigenvalue weighted by Gasteiger charge is 2.37. The molecule has 0 aromatic carbocycles. The maximum absolute atomic E-state index is 11.3. The fraction of sp³-hybridized carbons (Fsp3) is 0.500. The molecule has 2 atom stereocenters. The van der Waals surface area contributed by atoms with Crippen LogP contribution in [0.5, 0.6) is 0 Å². The van der Waals surface area contributed by atoms with Gasteiger partial charge in [0, 0.05) is 31.2 Å². The minimum Gasteiger partial charge on any atom is -0.481 e. The van der Waals surface area contributed by atoms with Crippen molar-refractivity contribution in [2.24, 2.45) is 5.92 Å². The molecule has 0 aliphatic carbocycles. The van der Waals surface area contributed by atoms with E-state index in [1.807, 2.05) is 29.8 Å². The SMILES string of the molecule is CCN(Cc1cn2cccnc2n1)C1COCC1C(=O)O. The largest absolute Gasteiger partial charge is 0.481 e. The Morgan fingerprint density at radius 2 is 2.43 bits per heavy atom. The molecular formula is C14H18N4O3. The van der Waals surface area contributed by atoms with Gasteiger partial charge in [0.05, 0.1) is 24.8 Å². The van der Waals surface area contributed by atoms with Gasteiger partial charge in [-0.05, 0) is 12.6 Å². The van der Waals surface area contributed by atoms with Crippen LogP contribution in [0.25, 0.3) is 5.78 Å². The van der Waals surface area contributed by atoms with Gasteiger partial charge in [-0.3, -0.25) is 14.1 Å². The summed E-state index contributed by atoms with van der Waals surface area (Å²) in [4.78, 5) is 22.0. The van der Waals surface area contributed by atoms with E-state index < -0.39 is 11.9 Å². The summed E-state index contributed by atoms with van der Waals surface area (Å²) >= 11 is 0. The smallest absolute Gasteiger partial charge is 0.310 e. The van der Waals surface area contributed by atoms with Crippen LogP contribution in [0.15, 0.2) is 24.7 Å². The van der Waals surface area contributed by atoms with E-state index in [4.69, 9.17) is 4.74 Å². The van der Waals surface area contributed by atoms with Gasteiger partial charge in [0.2, 0.25) is 5.78 Å². The van der Waals surface area contributed by atoms with E-state index in [1.165, 1.54) is 0 Å². The van der Waals surface area contributed by atoms with Crippen LogP contribution < -0.4 is 0 Å². The number of nitrogens with zero attached hydrogens (tertiary/aromatic N) is 4. The average Bonchev–Trinajstić information content (AvgIpc) is 3.10. The summed E-state index contributed by atoms with van der Waals surface area (Å²) in [5.41, 5.74) is 0.881. The lowest BCUT2D eigenvalue weighted by Crippen LogP contribution is -2.42. The summed E-state index contributed by atoms with van der Waals surface area (Å²) in [7, 11) is 0. The van der Waals surface area contributed by atoms with Gasteiger partial charge in [0.1, 0.15) is 0 Å². The monoisotopic (exact) mass is 290 g/mol. The lowest BCUT2D eigenvalue weighted by Gasteiger charge is -2.28. The summed E-state index contributed by atoms with van der Waals surface area (Å²) in [5, 5.41) is 9.27. The van der Waals surface area contributed by atoms with Gasteiger partial charge in [0.15, 0.2) is 0 Å². The number of hydrogen-bond donors (Lipinski definition) is 1. The first-order valence-electron chi connectivity index (χ1n) is 7.02. The van der Waals surface area contributed by atoms with E-state index in [0.717, 1.165) is 12.2 Å². The summed E-state index contributed by atoms with van der Waals surface area (Å²) < 4.78 is 7.21. The summed E-state index contributed by atoms with van der Waals surface area (Å²) in [6.45, 7) is 4.10. The summed E-state index contributed by atoms with van der Waals surface area (Å²) in [6.07, 6.45) is 5.53. The van der Waals surface area contributed by atoms with E-state index in [2.05, 4.69) is 14.9 Å². The van der Waals surface area contributed by atoms with Crippen LogP contribution >= 0.6 is 0 Å². The highest BCUT2D eigenvalue weighted by atomic mass is 16.5. The molecule has 7 nitrogen and oxygen atoms in total. The van der Waals surface area contributed by atoms with Crippen LogP contribution in [0, 0.1) is 5.92 Å². The number of carbonyl (C=O) groups is 1. The number of rotatable bonds is 5. The molecule has 7 heteroatoms. The molecule has 1 aliphatic heterocycles. The van der Waals surface area contributed by atoms with Crippen LogP contribution in [0.1, 0.15) is 12.6 Å². The molecule has 0 amide bonds. The molecule has 3 heterocycles. The Labute approximate surface area is 122 Å². The molecular weight excluding hydrogens is 272 g/mol. The zero-order chi connectivity index (χ0) is 14.8. The number of ether oxygens (including phenoxy) is 1. The number of aromatic nitrogens is 3. The van der Waals surface area contributed by atoms with Crippen molar-refractivity contribution in [3.05, 3.63) is 30.4 Å². The third-order valence-corrected chi connectivity index (χ3v) is 3.89. The van der Waals surface area contributed by atoms with E-state index in [1.54, 1.807) is 6.20 Å². The van der Waals surface area contributed by atoms with Crippen LogP contribution in [-0.2, 0) is 16.1 Å². The van der Waals surface area contributed by atoms with Gasteiger partial charge >= 0.3 is 5.97 Å². The van der Waals surface area contributed by atoms with Crippen molar-refractivity contribution in [1.29, 1.82) is 0 Å². The topological polar surface area (TPSA) is 80.0 Å². The second-order valence-corrected chi connectivity index (χ2v) is 5.17. The molecule has 0 spiro atoms. The fourth-order valence-corrected chi connectivity index (χ4v) is 2.77. The Balaban J connectivity index is 1.79. The molecule has 112 valence electrons. The highest BCUT2D eigenvalue weighted by molar-refractivity contribution is 5.71. The summed E-state index contributed by atoms with van der Waals surface area (Å²) in [6, 6.07) is 1.74. The van der Waals surface area contributed by atoms with E-state index in [0.29, 0.717) is 18.9 Å². The second kappa shape index (κ2) is 5.79. The molecule has 1 saturated heterocycles. The van der Waals surface area contributed by atoms with E-state index in [9.17, 15) is 9.90 Å². The molecule has 0 saturated carbocycles. The molecule has 1 aliphatic rings. The lowest BCUT2D eigenvalue weighted by atomic mass is 10.0. The predicted molar refractivity (Wildman–Crippen MR) is 74.8 cm³/mol. The Morgan fingerprint density at radius 3 is 3.14 bits per heavy atom. The van der Waals surface area contributed by atoms with Gasteiger partial charge in [-0.15, -0.1) is 0 Å². The van der Waals surface area contributed by atoms with Gasteiger partial charge in [0.25, 0.3) is 0 Å². The molecule has 2 unspecified atom stereocenters. The maximum Gasteiger partial charge on any atom is 0.310 e.